The molecule has 2 heterocycles. The average Bonchev–Trinajstić information content (AvgIpc) is 2.71. The molecule has 88 valence electrons. The maximum Gasteiger partial charge on any atom is 0.0702 e. The van der Waals surface area contributed by atoms with Gasteiger partial charge >= 0.3 is 0 Å². The first-order chi connectivity index (χ1) is 7.34. The van der Waals surface area contributed by atoms with Gasteiger partial charge in [-0.25, -0.2) is 0 Å². The summed E-state index contributed by atoms with van der Waals surface area (Å²) in [6.45, 7) is 5.77. The predicted molar refractivity (Wildman–Crippen MR) is 62.1 cm³/mol. The lowest BCUT2D eigenvalue weighted by Crippen LogP contribution is -2.37. The molecule has 0 radical (unpaired) electrons. The molecule has 1 atom stereocenters. The van der Waals surface area contributed by atoms with Crippen molar-refractivity contribution in [2.45, 2.75) is 31.8 Å². The van der Waals surface area contributed by atoms with Gasteiger partial charge in [-0.15, -0.1) is 0 Å². The second kappa shape index (κ2) is 5.83. The van der Waals surface area contributed by atoms with Crippen LogP contribution in [0.3, 0.4) is 0 Å². The Balaban J connectivity index is 1.64. The standard InChI is InChI=1S/C12H24N2O/c1-14(10-12-3-2-8-15-12)9-11-4-6-13-7-5-11/h11-13H,2-10H2,1H3. The molecule has 1 N–H and O–H groups in total. The Hall–Kier alpha value is -0.120. The van der Waals surface area contributed by atoms with E-state index in [1.807, 2.05) is 0 Å². The smallest absolute Gasteiger partial charge is 0.0702 e. The van der Waals surface area contributed by atoms with Crippen molar-refractivity contribution >= 4 is 0 Å². The molecule has 0 bridgehead atoms. The van der Waals surface area contributed by atoms with E-state index in [-0.39, 0.29) is 0 Å². The summed E-state index contributed by atoms with van der Waals surface area (Å²) in [4.78, 5) is 2.46. The number of rotatable bonds is 4. The van der Waals surface area contributed by atoms with E-state index in [9.17, 15) is 0 Å². The SMILES string of the molecule is CN(CC1CCNCC1)CC1CCCO1. The van der Waals surface area contributed by atoms with Crippen LogP contribution in [0.15, 0.2) is 0 Å². The second-order valence-electron chi connectivity index (χ2n) is 5.05. The van der Waals surface area contributed by atoms with Crippen LogP contribution >= 0.6 is 0 Å². The summed E-state index contributed by atoms with van der Waals surface area (Å²) in [5, 5.41) is 3.42. The first kappa shape index (κ1) is 11.4. The van der Waals surface area contributed by atoms with Gasteiger partial charge in [0, 0.05) is 19.7 Å². The van der Waals surface area contributed by atoms with Crippen molar-refractivity contribution < 1.29 is 4.74 Å². The number of ether oxygens (including phenoxy) is 1. The second-order valence-corrected chi connectivity index (χ2v) is 5.05. The first-order valence-corrected chi connectivity index (χ1v) is 6.35. The van der Waals surface area contributed by atoms with Crippen molar-refractivity contribution in [1.29, 1.82) is 0 Å². The van der Waals surface area contributed by atoms with Crippen LogP contribution in [0.1, 0.15) is 25.7 Å². The Labute approximate surface area is 93.2 Å². The Bertz CT molecular complexity index is 174. The highest BCUT2D eigenvalue weighted by atomic mass is 16.5. The van der Waals surface area contributed by atoms with Gasteiger partial charge in [0.05, 0.1) is 6.10 Å². The van der Waals surface area contributed by atoms with E-state index in [2.05, 4.69) is 17.3 Å². The van der Waals surface area contributed by atoms with Crippen molar-refractivity contribution in [2.24, 2.45) is 5.92 Å². The summed E-state index contributed by atoms with van der Waals surface area (Å²) in [6.07, 6.45) is 5.71. The molecule has 0 spiro atoms. The lowest BCUT2D eigenvalue weighted by atomic mass is 9.97. The monoisotopic (exact) mass is 212 g/mol. The first-order valence-electron chi connectivity index (χ1n) is 6.35. The van der Waals surface area contributed by atoms with Crippen LogP contribution in [0.2, 0.25) is 0 Å². The molecule has 15 heavy (non-hydrogen) atoms. The third-order valence-corrected chi connectivity index (χ3v) is 3.57. The van der Waals surface area contributed by atoms with E-state index in [0.717, 1.165) is 19.1 Å². The molecule has 2 fully saturated rings. The van der Waals surface area contributed by atoms with Crippen LogP contribution in [-0.2, 0) is 4.74 Å². The highest BCUT2D eigenvalue weighted by molar-refractivity contribution is 4.74. The maximum atomic E-state index is 5.66. The topological polar surface area (TPSA) is 24.5 Å². The van der Waals surface area contributed by atoms with Gasteiger partial charge in [-0.1, -0.05) is 0 Å². The van der Waals surface area contributed by atoms with E-state index in [0.29, 0.717) is 6.10 Å². The molecule has 0 aromatic carbocycles. The Morgan fingerprint density at radius 1 is 1.20 bits per heavy atom. The average molecular weight is 212 g/mol. The van der Waals surface area contributed by atoms with Gasteiger partial charge in [-0.05, 0) is 51.7 Å². The summed E-state index contributed by atoms with van der Waals surface area (Å²) >= 11 is 0. The van der Waals surface area contributed by atoms with Gasteiger partial charge < -0.3 is 15.0 Å². The molecule has 0 aliphatic carbocycles. The lowest BCUT2D eigenvalue weighted by Gasteiger charge is -2.28. The van der Waals surface area contributed by atoms with Crippen molar-refractivity contribution in [3.8, 4) is 0 Å². The van der Waals surface area contributed by atoms with Crippen LogP contribution in [0.25, 0.3) is 0 Å². The quantitative estimate of drug-likeness (QED) is 0.755. The molecular weight excluding hydrogens is 188 g/mol. The molecule has 3 nitrogen and oxygen atoms in total. The van der Waals surface area contributed by atoms with Crippen molar-refractivity contribution in [2.75, 3.05) is 39.8 Å². The van der Waals surface area contributed by atoms with Gasteiger partial charge in [0.25, 0.3) is 0 Å². The predicted octanol–water partition coefficient (Wildman–Crippen LogP) is 1.10. The van der Waals surface area contributed by atoms with Crippen molar-refractivity contribution in [3.05, 3.63) is 0 Å². The van der Waals surface area contributed by atoms with E-state index in [4.69, 9.17) is 4.74 Å². The van der Waals surface area contributed by atoms with Crippen LogP contribution in [-0.4, -0.2) is 50.8 Å². The third-order valence-electron chi connectivity index (χ3n) is 3.57. The van der Waals surface area contributed by atoms with Crippen molar-refractivity contribution in [1.82, 2.24) is 10.2 Å². The molecule has 0 amide bonds. The van der Waals surface area contributed by atoms with Crippen LogP contribution in [0.5, 0.6) is 0 Å². The molecule has 0 aromatic heterocycles. The summed E-state index contributed by atoms with van der Waals surface area (Å²) in [6, 6.07) is 0. The number of nitrogens with zero attached hydrogens (tertiary/aromatic N) is 1. The minimum absolute atomic E-state index is 0.511. The van der Waals surface area contributed by atoms with E-state index < -0.39 is 0 Å². The zero-order chi connectivity index (χ0) is 10.5. The maximum absolute atomic E-state index is 5.66. The normalized spacial score (nSPS) is 28.8. The van der Waals surface area contributed by atoms with E-state index in [1.54, 1.807) is 0 Å². The summed E-state index contributed by atoms with van der Waals surface area (Å²) in [7, 11) is 2.24. The van der Waals surface area contributed by atoms with E-state index >= 15 is 0 Å². The van der Waals surface area contributed by atoms with Crippen LogP contribution in [0, 0.1) is 5.92 Å². The largest absolute Gasteiger partial charge is 0.377 e. The molecule has 3 heteroatoms. The van der Waals surface area contributed by atoms with Crippen LogP contribution in [0.4, 0.5) is 0 Å². The zero-order valence-corrected chi connectivity index (χ0v) is 9.87. The van der Waals surface area contributed by atoms with Gasteiger partial charge in [0.2, 0.25) is 0 Å². The Morgan fingerprint density at radius 3 is 2.67 bits per heavy atom. The summed E-state index contributed by atoms with van der Waals surface area (Å²) in [5.74, 6) is 0.901. The molecule has 2 rings (SSSR count). The van der Waals surface area contributed by atoms with Gasteiger partial charge in [-0.2, -0.15) is 0 Å². The number of likely N-dealkylation sites (N-methyl/N-ethyl adjacent to an activating group) is 1. The highest BCUT2D eigenvalue weighted by Gasteiger charge is 2.20. The minimum Gasteiger partial charge on any atom is -0.377 e. The number of nitrogens with one attached hydrogen (secondary N) is 1. The van der Waals surface area contributed by atoms with Gasteiger partial charge in [-0.3, -0.25) is 0 Å². The Kier molecular flexibility index (Phi) is 4.42. The fraction of sp³-hybridized carbons (Fsp3) is 1.00. The van der Waals surface area contributed by atoms with Crippen molar-refractivity contribution in [3.63, 3.8) is 0 Å². The Morgan fingerprint density at radius 2 is 2.00 bits per heavy atom. The fourth-order valence-corrected chi connectivity index (χ4v) is 2.72. The number of hydrogen-bond donors (Lipinski definition) is 1. The molecule has 0 aromatic rings. The fourth-order valence-electron chi connectivity index (χ4n) is 2.72. The summed E-state index contributed by atoms with van der Waals surface area (Å²) in [5.41, 5.74) is 0. The highest BCUT2D eigenvalue weighted by Crippen LogP contribution is 2.16. The molecule has 1 unspecified atom stereocenters. The molecule has 2 aliphatic rings. The number of hydrogen-bond acceptors (Lipinski definition) is 3. The molecule has 2 saturated heterocycles. The lowest BCUT2D eigenvalue weighted by molar-refractivity contribution is 0.0748. The molecule has 2 aliphatic heterocycles. The van der Waals surface area contributed by atoms with Gasteiger partial charge in [0.15, 0.2) is 0 Å². The van der Waals surface area contributed by atoms with Crippen LogP contribution < -0.4 is 5.32 Å². The minimum atomic E-state index is 0.511. The molecular formula is C12H24N2O. The van der Waals surface area contributed by atoms with E-state index in [1.165, 1.54) is 45.3 Å². The van der Waals surface area contributed by atoms with Gasteiger partial charge in [0.1, 0.15) is 0 Å². The summed E-state index contributed by atoms with van der Waals surface area (Å²) < 4.78 is 5.66. The number of piperidine rings is 1. The molecule has 0 saturated carbocycles. The third kappa shape index (κ3) is 3.74. The zero-order valence-electron chi connectivity index (χ0n) is 9.87.